The van der Waals surface area contributed by atoms with Gasteiger partial charge in [0.1, 0.15) is 11.0 Å². The summed E-state index contributed by atoms with van der Waals surface area (Å²) in [5.41, 5.74) is 1.08. The first-order valence-electron chi connectivity index (χ1n) is 5.40. The molecule has 0 radical (unpaired) electrons. The Balaban J connectivity index is 2.86. The lowest BCUT2D eigenvalue weighted by Crippen LogP contribution is -2.17. The summed E-state index contributed by atoms with van der Waals surface area (Å²) in [5, 5.41) is 0.591. The van der Waals surface area contributed by atoms with Crippen molar-refractivity contribution < 1.29 is 0 Å². The summed E-state index contributed by atoms with van der Waals surface area (Å²) >= 11 is 8.32. The van der Waals surface area contributed by atoms with E-state index in [1.807, 2.05) is 14.1 Å². The van der Waals surface area contributed by atoms with Crippen LogP contribution in [0.2, 0.25) is 5.15 Å². The second-order valence-corrected chi connectivity index (χ2v) is 5.43. The minimum absolute atomic E-state index is 0.591. The number of rotatable bonds is 5. The van der Waals surface area contributed by atoms with Gasteiger partial charge in [-0.1, -0.05) is 24.9 Å². The van der Waals surface area contributed by atoms with Crippen LogP contribution in [0.3, 0.4) is 0 Å². The smallest absolute Gasteiger partial charge is 0.146 e. The Morgan fingerprint density at radius 1 is 1.25 bits per heavy atom. The van der Waals surface area contributed by atoms with Crippen LogP contribution in [0.1, 0.15) is 24.9 Å². The maximum absolute atomic E-state index is 6.10. The van der Waals surface area contributed by atoms with Crippen LogP contribution in [0.15, 0.2) is 0 Å². The van der Waals surface area contributed by atoms with Crippen LogP contribution in [-0.2, 0) is 12.8 Å². The minimum atomic E-state index is 0.591. The van der Waals surface area contributed by atoms with E-state index in [9.17, 15) is 0 Å². The van der Waals surface area contributed by atoms with Gasteiger partial charge < -0.3 is 4.90 Å². The highest BCUT2D eigenvalue weighted by Gasteiger charge is 2.10. The van der Waals surface area contributed by atoms with Crippen molar-refractivity contribution in [2.75, 3.05) is 20.6 Å². The van der Waals surface area contributed by atoms with Crippen LogP contribution in [-0.4, -0.2) is 35.5 Å². The van der Waals surface area contributed by atoms with E-state index >= 15 is 0 Å². The number of hydrogen-bond acceptors (Lipinski definition) is 3. The molecule has 3 nitrogen and oxygen atoms in total. The number of likely N-dealkylation sites (N-methyl/N-ethyl adjacent to an activating group) is 1. The van der Waals surface area contributed by atoms with Crippen LogP contribution >= 0.6 is 34.2 Å². The molecule has 1 rings (SSSR count). The van der Waals surface area contributed by atoms with Gasteiger partial charge in [-0.25, -0.2) is 9.97 Å². The minimum Gasteiger partial charge on any atom is -0.309 e. The van der Waals surface area contributed by atoms with Crippen molar-refractivity contribution in [2.45, 2.75) is 26.2 Å². The standard InChI is InChI=1S/C11H17ClIN3/c1-4-5-8-10(13)11(12)15-9(14-8)6-7-16(2)3/h4-7H2,1-3H3. The third kappa shape index (κ3) is 4.14. The summed E-state index contributed by atoms with van der Waals surface area (Å²) in [7, 11) is 4.09. The summed E-state index contributed by atoms with van der Waals surface area (Å²) in [6.45, 7) is 3.09. The lowest BCUT2D eigenvalue weighted by atomic mass is 10.2. The number of nitrogens with zero attached hydrogens (tertiary/aromatic N) is 3. The molecule has 0 aromatic carbocycles. The molecule has 1 heterocycles. The third-order valence-electron chi connectivity index (χ3n) is 2.20. The molecule has 0 amide bonds. The van der Waals surface area contributed by atoms with E-state index in [1.165, 1.54) is 0 Å². The molecule has 0 aliphatic carbocycles. The van der Waals surface area contributed by atoms with Gasteiger partial charge in [0, 0.05) is 13.0 Å². The Morgan fingerprint density at radius 2 is 1.94 bits per heavy atom. The quantitative estimate of drug-likeness (QED) is 0.602. The molecular weight excluding hydrogens is 336 g/mol. The predicted molar refractivity (Wildman–Crippen MR) is 76.0 cm³/mol. The van der Waals surface area contributed by atoms with Crippen LogP contribution in [0, 0.1) is 3.57 Å². The Kier molecular flexibility index (Phi) is 5.92. The Labute approximate surface area is 116 Å². The highest BCUT2D eigenvalue weighted by molar-refractivity contribution is 14.1. The lowest BCUT2D eigenvalue weighted by molar-refractivity contribution is 0.409. The van der Waals surface area contributed by atoms with E-state index in [0.717, 1.165) is 40.9 Å². The average Bonchev–Trinajstić information content (AvgIpc) is 2.22. The largest absolute Gasteiger partial charge is 0.309 e. The number of aryl methyl sites for hydroxylation is 1. The summed E-state index contributed by atoms with van der Waals surface area (Å²) in [5.74, 6) is 0.850. The SMILES string of the molecule is CCCc1nc(CCN(C)C)nc(Cl)c1I. The van der Waals surface area contributed by atoms with Gasteiger partial charge in [-0.3, -0.25) is 0 Å². The molecule has 1 aromatic heterocycles. The molecule has 1 aromatic rings. The maximum atomic E-state index is 6.10. The number of aromatic nitrogens is 2. The molecule has 0 aliphatic rings. The van der Waals surface area contributed by atoms with Crippen molar-refractivity contribution in [3.05, 3.63) is 20.2 Å². The molecule has 0 saturated carbocycles. The van der Waals surface area contributed by atoms with Gasteiger partial charge in [-0.05, 0) is 43.1 Å². The van der Waals surface area contributed by atoms with Gasteiger partial charge in [0.05, 0.1) is 9.26 Å². The zero-order chi connectivity index (χ0) is 12.1. The van der Waals surface area contributed by atoms with Gasteiger partial charge in [-0.2, -0.15) is 0 Å². The average molecular weight is 354 g/mol. The number of halogens is 2. The molecule has 90 valence electrons. The molecule has 0 N–H and O–H groups in total. The third-order valence-corrected chi connectivity index (χ3v) is 3.92. The van der Waals surface area contributed by atoms with Gasteiger partial charge >= 0.3 is 0 Å². The second kappa shape index (κ2) is 6.71. The van der Waals surface area contributed by atoms with Crippen molar-refractivity contribution in [3.8, 4) is 0 Å². The highest BCUT2D eigenvalue weighted by atomic mass is 127. The molecule has 0 atom stereocenters. The monoisotopic (exact) mass is 353 g/mol. The fourth-order valence-electron chi connectivity index (χ4n) is 1.35. The molecule has 0 saturated heterocycles. The zero-order valence-corrected chi connectivity index (χ0v) is 12.8. The first-order chi connectivity index (χ1) is 7.54. The van der Waals surface area contributed by atoms with Crippen LogP contribution in [0.25, 0.3) is 0 Å². The van der Waals surface area contributed by atoms with Gasteiger partial charge in [0.15, 0.2) is 0 Å². The molecular formula is C11H17ClIN3. The van der Waals surface area contributed by atoms with E-state index in [2.05, 4.69) is 44.4 Å². The summed E-state index contributed by atoms with van der Waals surface area (Å²) in [6, 6.07) is 0. The molecule has 0 spiro atoms. The molecule has 5 heteroatoms. The summed E-state index contributed by atoms with van der Waals surface area (Å²) < 4.78 is 0.995. The Bertz CT molecular complexity index is 355. The van der Waals surface area contributed by atoms with E-state index < -0.39 is 0 Å². The first kappa shape index (κ1) is 14.1. The van der Waals surface area contributed by atoms with Crippen molar-refractivity contribution in [1.82, 2.24) is 14.9 Å². The number of hydrogen-bond donors (Lipinski definition) is 0. The van der Waals surface area contributed by atoms with Crippen LogP contribution < -0.4 is 0 Å². The van der Waals surface area contributed by atoms with E-state index in [0.29, 0.717) is 5.15 Å². The van der Waals surface area contributed by atoms with Crippen LogP contribution in [0.5, 0.6) is 0 Å². The first-order valence-corrected chi connectivity index (χ1v) is 6.85. The van der Waals surface area contributed by atoms with Crippen LogP contribution in [0.4, 0.5) is 0 Å². The molecule has 16 heavy (non-hydrogen) atoms. The fourth-order valence-corrected chi connectivity index (χ4v) is 2.07. The van der Waals surface area contributed by atoms with E-state index in [4.69, 9.17) is 11.6 Å². The fraction of sp³-hybridized carbons (Fsp3) is 0.636. The Hall–Kier alpha value is 0.0600. The predicted octanol–water partition coefficient (Wildman–Crippen LogP) is 2.79. The molecule has 0 fully saturated rings. The zero-order valence-electron chi connectivity index (χ0n) is 9.93. The van der Waals surface area contributed by atoms with Crippen molar-refractivity contribution >= 4 is 34.2 Å². The van der Waals surface area contributed by atoms with Gasteiger partial charge in [0.25, 0.3) is 0 Å². The van der Waals surface area contributed by atoms with E-state index in [1.54, 1.807) is 0 Å². The maximum Gasteiger partial charge on any atom is 0.146 e. The molecule has 0 unspecified atom stereocenters. The molecule has 0 aliphatic heterocycles. The van der Waals surface area contributed by atoms with Gasteiger partial charge in [0.2, 0.25) is 0 Å². The topological polar surface area (TPSA) is 29.0 Å². The Morgan fingerprint density at radius 3 is 2.50 bits per heavy atom. The van der Waals surface area contributed by atoms with Crippen molar-refractivity contribution in [3.63, 3.8) is 0 Å². The second-order valence-electron chi connectivity index (χ2n) is 3.99. The van der Waals surface area contributed by atoms with E-state index in [-0.39, 0.29) is 0 Å². The van der Waals surface area contributed by atoms with Gasteiger partial charge in [-0.15, -0.1) is 0 Å². The summed E-state index contributed by atoms with van der Waals surface area (Å²) in [6.07, 6.45) is 2.90. The van der Waals surface area contributed by atoms with Crippen molar-refractivity contribution in [2.24, 2.45) is 0 Å². The van der Waals surface area contributed by atoms with Crippen molar-refractivity contribution in [1.29, 1.82) is 0 Å². The molecule has 0 bridgehead atoms. The highest BCUT2D eigenvalue weighted by Crippen LogP contribution is 2.20. The normalized spacial score (nSPS) is 11.1. The summed E-state index contributed by atoms with van der Waals surface area (Å²) in [4.78, 5) is 11.0. The lowest BCUT2D eigenvalue weighted by Gasteiger charge is -2.10.